The van der Waals surface area contributed by atoms with Crippen molar-refractivity contribution >= 4 is 17.9 Å². The van der Waals surface area contributed by atoms with Gasteiger partial charge in [0.1, 0.15) is 0 Å². The van der Waals surface area contributed by atoms with E-state index in [1.807, 2.05) is 6.07 Å². The zero-order chi connectivity index (χ0) is 20.3. The summed E-state index contributed by atoms with van der Waals surface area (Å²) in [6, 6.07) is 8.81. The molecule has 1 rings (SSSR count). The largest absolute Gasteiger partial charge is 0.466 e. The van der Waals surface area contributed by atoms with Crippen LogP contribution in [0, 0.1) is 16.7 Å². The Bertz CT molecular complexity index is 671. The van der Waals surface area contributed by atoms with Gasteiger partial charge in [-0.2, -0.15) is 5.26 Å². The number of carbonyl (C=O) groups excluding carboxylic acids is 3. The van der Waals surface area contributed by atoms with Gasteiger partial charge >= 0.3 is 17.9 Å². The molecular weight excluding hydrogens is 350 g/mol. The van der Waals surface area contributed by atoms with Crippen LogP contribution in [0.5, 0.6) is 0 Å². The van der Waals surface area contributed by atoms with E-state index in [1.165, 1.54) is 0 Å². The summed E-state index contributed by atoms with van der Waals surface area (Å²) < 4.78 is 15.1. The van der Waals surface area contributed by atoms with Crippen LogP contribution in [-0.4, -0.2) is 37.7 Å². The van der Waals surface area contributed by atoms with E-state index < -0.39 is 29.7 Å². The van der Waals surface area contributed by atoms with Gasteiger partial charge in [0, 0.05) is 0 Å². The molecule has 27 heavy (non-hydrogen) atoms. The second kappa shape index (κ2) is 11.0. The molecule has 0 radical (unpaired) electrons. The first-order chi connectivity index (χ1) is 12.9. The summed E-state index contributed by atoms with van der Waals surface area (Å²) in [5.41, 5.74) is -0.449. The first-order valence-corrected chi connectivity index (χ1v) is 8.92. The SMILES string of the molecule is CCOC(=O)CC(CCc1ccc(C#N)cc1)(C(=O)OCC)C(=O)OCC. The van der Waals surface area contributed by atoms with Crippen molar-refractivity contribution in [3.8, 4) is 6.07 Å². The van der Waals surface area contributed by atoms with Crippen molar-refractivity contribution in [2.45, 2.75) is 40.0 Å². The van der Waals surface area contributed by atoms with Gasteiger partial charge in [0.25, 0.3) is 0 Å². The Kier molecular flexibility index (Phi) is 9.00. The van der Waals surface area contributed by atoms with Gasteiger partial charge in [-0.3, -0.25) is 14.4 Å². The normalized spacial score (nSPS) is 10.6. The van der Waals surface area contributed by atoms with Crippen LogP contribution in [-0.2, 0) is 35.0 Å². The minimum Gasteiger partial charge on any atom is -0.466 e. The van der Waals surface area contributed by atoms with E-state index in [-0.39, 0.29) is 26.2 Å². The van der Waals surface area contributed by atoms with Gasteiger partial charge in [-0.05, 0) is 51.3 Å². The highest BCUT2D eigenvalue weighted by Crippen LogP contribution is 2.33. The lowest BCUT2D eigenvalue weighted by Gasteiger charge is -2.28. The zero-order valence-electron chi connectivity index (χ0n) is 15.9. The average molecular weight is 375 g/mol. The van der Waals surface area contributed by atoms with Crippen LogP contribution in [0.1, 0.15) is 44.7 Å². The van der Waals surface area contributed by atoms with Crippen LogP contribution in [0.3, 0.4) is 0 Å². The van der Waals surface area contributed by atoms with Crippen LogP contribution in [0.15, 0.2) is 24.3 Å². The summed E-state index contributed by atoms with van der Waals surface area (Å²) >= 11 is 0. The number of nitrogens with zero attached hydrogens (tertiary/aromatic N) is 1. The lowest BCUT2D eigenvalue weighted by atomic mass is 9.78. The van der Waals surface area contributed by atoms with Crippen LogP contribution in [0.25, 0.3) is 0 Å². The minimum atomic E-state index is -1.77. The fourth-order valence-corrected chi connectivity index (χ4v) is 2.62. The number of carbonyl (C=O) groups is 3. The maximum absolute atomic E-state index is 12.7. The predicted octanol–water partition coefficient (Wildman–Crippen LogP) is 2.56. The Morgan fingerprint density at radius 2 is 1.44 bits per heavy atom. The second-order valence-corrected chi connectivity index (χ2v) is 5.81. The molecule has 0 heterocycles. The monoisotopic (exact) mass is 375 g/mol. The summed E-state index contributed by atoms with van der Waals surface area (Å²) in [6.45, 7) is 5.16. The second-order valence-electron chi connectivity index (χ2n) is 5.81. The molecule has 0 saturated carbocycles. The van der Waals surface area contributed by atoms with E-state index >= 15 is 0 Å². The summed E-state index contributed by atoms with van der Waals surface area (Å²) in [5.74, 6) is -2.27. The number of rotatable bonds is 10. The Labute approximate surface area is 159 Å². The van der Waals surface area contributed by atoms with E-state index in [4.69, 9.17) is 19.5 Å². The van der Waals surface area contributed by atoms with Crippen LogP contribution in [0.4, 0.5) is 0 Å². The average Bonchev–Trinajstić information content (AvgIpc) is 2.66. The maximum atomic E-state index is 12.7. The number of aryl methyl sites for hydroxylation is 1. The van der Waals surface area contributed by atoms with E-state index in [1.54, 1.807) is 45.0 Å². The van der Waals surface area contributed by atoms with Crippen molar-refractivity contribution in [2.24, 2.45) is 5.41 Å². The Morgan fingerprint density at radius 1 is 0.926 bits per heavy atom. The molecule has 0 bridgehead atoms. The molecule has 1 aromatic carbocycles. The van der Waals surface area contributed by atoms with Crippen molar-refractivity contribution in [3.63, 3.8) is 0 Å². The van der Waals surface area contributed by atoms with Crippen molar-refractivity contribution in [2.75, 3.05) is 19.8 Å². The van der Waals surface area contributed by atoms with E-state index in [9.17, 15) is 14.4 Å². The highest BCUT2D eigenvalue weighted by atomic mass is 16.6. The van der Waals surface area contributed by atoms with Crippen molar-refractivity contribution in [1.29, 1.82) is 5.26 Å². The summed E-state index contributed by atoms with van der Waals surface area (Å²) in [7, 11) is 0. The topological polar surface area (TPSA) is 103 Å². The third kappa shape index (κ3) is 6.10. The van der Waals surface area contributed by atoms with E-state index in [0.717, 1.165) is 5.56 Å². The molecule has 0 aliphatic carbocycles. The fraction of sp³-hybridized carbons (Fsp3) is 0.500. The quantitative estimate of drug-likeness (QED) is 0.352. The molecule has 0 spiro atoms. The first kappa shape index (κ1) is 22.2. The van der Waals surface area contributed by atoms with Crippen LogP contribution < -0.4 is 0 Å². The number of esters is 3. The van der Waals surface area contributed by atoms with Crippen LogP contribution in [0.2, 0.25) is 0 Å². The molecule has 0 N–H and O–H groups in total. The standard InChI is InChI=1S/C20H25NO6/c1-4-25-17(22)13-20(18(23)26-5-2,19(24)27-6-3)12-11-15-7-9-16(14-21)10-8-15/h7-10H,4-6,11-13H2,1-3H3. The molecule has 1 aromatic rings. The number of hydrogen-bond acceptors (Lipinski definition) is 7. The number of nitriles is 1. The first-order valence-electron chi connectivity index (χ1n) is 8.92. The van der Waals surface area contributed by atoms with Crippen molar-refractivity contribution in [3.05, 3.63) is 35.4 Å². The van der Waals surface area contributed by atoms with Gasteiger partial charge in [0.15, 0.2) is 5.41 Å². The highest BCUT2D eigenvalue weighted by Gasteiger charge is 2.50. The summed E-state index contributed by atoms with van der Waals surface area (Å²) in [5, 5.41) is 8.88. The third-order valence-corrected chi connectivity index (χ3v) is 4.01. The number of benzene rings is 1. The molecule has 0 aliphatic heterocycles. The maximum Gasteiger partial charge on any atom is 0.324 e. The molecule has 0 fully saturated rings. The number of hydrogen-bond donors (Lipinski definition) is 0. The third-order valence-electron chi connectivity index (χ3n) is 4.01. The molecule has 0 saturated heterocycles. The van der Waals surface area contributed by atoms with Gasteiger partial charge < -0.3 is 14.2 Å². The molecule has 146 valence electrons. The van der Waals surface area contributed by atoms with Gasteiger partial charge in [-0.15, -0.1) is 0 Å². The van der Waals surface area contributed by atoms with Gasteiger partial charge in [-0.25, -0.2) is 0 Å². The van der Waals surface area contributed by atoms with Crippen LogP contribution >= 0.6 is 0 Å². The molecule has 0 amide bonds. The van der Waals surface area contributed by atoms with E-state index in [0.29, 0.717) is 12.0 Å². The van der Waals surface area contributed by atoms with Gasteiger partial charge in [0.2, 0.25) is 0 Å². The smallest absolute Gasteiger partial charge is 0.324 e. The Hall–Kier alpha value is -2.88. The molecule has 0 aliphatic rings. The van der Waals surface area contributed by atoms with Crippen molar-refractivity contribution < 1.29 is 28.6 Å². The molecule has 7 nitrogen and oxygen atoms in total. The Balaban J connectivity index is 3.17. The molecule has 0 aromatic heterocycles. The molecule has 7 heteroatoms. The summed E-state index contributed by atoms with van der Waals surface area (Å²) in [4.78, 5) is 37.4. The zero-order valence-corrected chi connectivity index (χ0v) is 15.9. The van der Waals surface area contributed by atoms with Crippen molar-refractivity contribution in [1.82, 2.24) is 0 Å². The fourth-order valence-electron chi connectivity index (χ4n) is 2.62. The molecular formula is C20H25NO6. The molecule has 0 atom stereocenters. The molecule has 0 unspecified atom stereocenters. The van der Waals surface area contributed by atoms with E-state index in [2.05, 4.69) is 0 Å². The van der Waals surface area contributed by atoms with Gasteiger partial charge in [-0.1, -0.05) is 12.1 Å². The lowest BCUT2D eigenvalue weighted by Crippen LogP contribution is -2.44. The summed E-state index contributed by atoms with van der Waals surface area (Å²) in [6.07, 6.45) is -0.104. The predicted molar refractivity (Wildman–Crippen MR) is 96.4 cm³/mol. The number of ether oxygens (including phenoxy) is 3. The van der Waals surface area contributed by atoms with Gasteiger partial charge in [0.05, 0.1) is 37.9 Å². The highest BCUT2D eigenvalue weighted by molar-refractivity contribution is 6.03. The Morgan fingerprint density at radius 3 is 1.89 bits per heavy atom. The minimum absolute atomic E-state index is 0.0232. The lowest BCUT2D eigenvalue weighted by molar-refractivity contribution is -0.177.